The molecule has 104 valence electrons. The predicted molar refractivity (Wildman–Crippen MR) is 77.4 cm³/mol. The topological polar surface area (TPSA) is 55.6 Å². The van der Waals surface area contributed by atoms with Crippen molar-refractivity contribution in [2.45, 2.75) is 46.2 Å². The van der Waals surface area contributed by atoms with Gasteiger partial charge in [0.05, 0.1) is 22.3 Å². The van der Waals surface area contributed by atoms with Crippen LogP contribution in [0.1, 0.15) is 41.8 Å². The van der Waals surface area contributed by atoms with Gasteiger partial charge in [-0.3, -0.25) is 4.68 Å². The number of hydrogen-bond donors (Lipinski definition) is 1. The van der Waals surface area contributed by atoms with E-state index in [0.29, 0.717) is 0 Å². The Morgan fingerprint density at radius 1 is 1.42 bits per heavy atom. The van der Waals surface area contributed by atoms with Crippen molar-refractivity contribution in [3.8, 4) is 0 Å². The summed E-state index contributed by atoms with van der Waals surface area (Å²) in [6.07, 6.45) is 1.85. The lowest BCUT2D eigenvalue weighted by atomic mass is 10.1. The van der Waals surface area contributed by atoms with E-state index < -0.39 is 0 Å². The highest BCUT2D eigenvalue weighted by molar-refractivity contribution is 7.05. The second-order valence-corrected chi connectivity index (χ2v) is 5.36. The quantitative estimate of drug-likeness (QED) is 0.880. The number of nitrogens with one attached hydrogen (secondary N) is 1. The van der Waals surface area contributed by atoms with Crippen LogP contribution in [0.15, 0.2) is 6.07 Å². The van der Waals surface area contributed by atoms with E-state index in [9.17, 15) is 0 Å². The highest BCUT2D eigenvalue weighted by Crippen LogP contribution is 2.24. The summed E-state index contributed by atoms with van der Waals surface area (Å²) in [7, 11) is 1.99. The molecule has 2 aromatic heterocycles. The SMILES string of the molecule is CCc1nnsc1C(Cc1cc(C)nn1CC)NC. The largest absolute Gasteiger partial charge is 0.312 e. The molecular formula is C13H21N5S. The van der Waals surface area contributed by atoms with E-state index in [1.54, 1.807) is 0 Å². The van der Waals surface area contributed by atoms with Crippen LogP contribution < -0.4 is 5.32 Å². The number of aryl methyl sites for hydroxylation is 3. The van der Waals surface area contributed by atoms with Gasteiger partial charge in [-0.15, -0.1) is 5.10 Å². The van der Waals surface area contributed by atoms with Gasteiger partial charge in [-0.25, -0.2) is 0 Å². The number of hydrogen-bond acceptors (Lipinski definition) is 5. The molecule has 5 nitrogen and oxygen atoms in total. The fraction of sp³-hybridized carbons (Fsp3) is 0.615. The molecule has 6 heteroatoms. The van der Waals surface area contributed by atoms with Crippen LogP contribution in [0.4, 0.5) is 0 Å². The van der Waals surface area contributed by atoms with Crippen molar-refractivity contribution < 1.29 is 0 Å². The van der Waals surface area contributed by atoms with Crippen molar-refractivity contribution in [3.63, 3.8) is 0 Å². The van der Waals surface area contributed by atoms with Gasteiger partial charge in [0.15, 0.2) is 0 Å². The fourth-order valence-electron chi connectivity index (χ4n) is 2.30. The Labute approximate surface area is 118 Å². The van der Waals surface area contributed by atoms with Crippen LogP contribution in [-0.2, 0) is 19.4 Å². The summed E-state index contributed by atoms with van der Waals surface area (Å²) in [4.78, 5) is 1.24. The van der Waals surface area contributed by atoms with Crippen molar-refractivity contribution in [3.05, 3.63) is 28.0 Å². The molecule has 0 fully saturated rings. The van der Waals surface area contributed by atoms with E-state index in [1.165, 1.54) is 22.1 Å². The number of aromatic nitrogens is 4. The minimum atomic E-state index is 0.261. The highest BCUT2D eigenvalue weighted by atomic mass is 32.1. The molecule has 0 saturated carbocycles. The van der Waals surface area contributed by atoms with Crippen LogP contribution in [-0.4, -0.2) is 26.4 Å². The Morgan fingerprint density at radius 2 is 2.21 bits per heavy atom. The molecule has 2 rings (SSSR count). The normalized spacial score (nSPS) is 12.8. The van der Waals surface area contributed by atoms with Gasteiger partial charge in [-0.2, -0.15) is 5.10 Å². The van der Waals surface area contributed by atoms with Crippen molar-refractivity contribution in [2.75, 3.05) is 7.05 Å². The number of rotatable bonds is 6. The van der Waals surface area contributed by atoms with Crippen LogP contribution in [0.2, 0.25) is 0 Å². The van der Waals surface area contributed by atoms with Crippen LogP contribution >= 0.6 is 11.5 Å². The zero-order valence-electron chi connectivity index (χ0n) is 12.0. The third kappa shape index (κ3) is 3.01. The Hall–Kier alpha value is -1.27. The summed E-state index contributed by atoms with van der Waals surface area (Å²) in [5.74, 6) is 0. The smallest absolute Gasteiger partial charge is 0.0801 e. The van der Waals surface area contributed by atoms with Crippen LogP contribution in [0.3, 0.4) is 0 Å². The van der Waals surface area contributed by atoms with E-state index in [2.05, 4.69) is 44.6 Å². The zero-order valence-corrected chi connectivity index (χ0v) is 12.8. The molecule has 0 aliphatic rings. The molecule has 1 atom stereocenters. The standard InChI is InChI=1S/C13H21N5S/c1-5-11-13(19-17-15-11)12(14-4)8-10-7-9(3)16-18(10)6-2/h7,12,14H,5-6,8H2,1-4H3. The summed E-state index contributed by atoms with van der Waals surface area (Å²) in [5.41, 5.74) is 3.43. The minimum absolute atomic E-state index is 0.261. The molecule has 2 heterocycles. The summed E-state index contributed by atoms with van der Waals surface area (Å²) in [6, 6.07) is 2.42. The van der Waals surface area contributed by atoms with E-state index in [0.717, 1.165) is 30.8 Å². The molecule has 0 bridgehead atoms. The molecule has 2 aromatic rings. The molecule has 0 saturated heterocycles. The van der Waals surface area contributed by atoms with E-state index in [-0.39, 0.29) is 6.04 Å². The van der Waals surface area contributed by atoms with Crippen molar-refractivity contribution in [2.24, 2.45) is 0 Å². The lowest BCUT2D eigenvalue weighted by molar-refractivity contribution is 0.543. The van der Waals surface area contributed by atoms with Gasteiger partial charge in [-0.1, -0.05) is 11.4 Å². The maximum atomic E-state index is 4.50. The Bertz CT molecular complexity index is 531. The summed E-state index contributed by atoms with van der Waals surface area (Å²) in [6.45, 7) is 7.18. The molecule has 1 N–H and O–H groups in total. The van der Waals surface area contributed by atoms with Crippen molar-refractivity contribution in [1.29, 1.82) is 0 Å². The first-order valence-electron chi connectivity index (χ1n) is 6.71. The molecule has 0 radical (unpaired) electrons. The van der Waals surface area contributed by atoms with E-state index in [1.807, 2.05) is 14.0 Å². The molecule has 0 aromatic carbocycles. The second-order valence-electron chi connectivity index (χ2n) is 4.58. The van der Waals surface area contributed by atoms with Crippen molar-refractivity contribution >= 4 is 11.5 Å². The summed E-state index contributed by atoms with van der Waals surface area (Å²) >= 11 is 1.49. The van der Waals surface area contributed by atoms with Crippen LogP contribution in [0, 0.1) is 6.92 Å². The lowest BCUT2D eigenvalue weighted by Gasteiger charge is -2.15. The molecule has 0 aliphatic carbocycles. The van der Waals surface area contributed by atoms with Gasteiger partial charge < -0.3 is 5.32 Å². The Balaban J connectivity index is 2.23. The Kier molecular flexibility index (Phi) is 4.66. The second kappa shape index (κ2) is 6.25. The van der Waals surface area contributed by atoms with Gasteiger partial charge in [0.25, 0.3) is 0 Å². The zero-order chi connectivity index (χ0) is 13.8. The molecule has 0 spiro atoms. The van der Waals surface area contributed by atoms with Gasteiger partial charge in [-0.05, 0) is 44.9 Å². The molecule has 0 aliphatic heterocycles. The third-order valence-electron chi connectivity index (χ3n) is 3.28. The minimum Gasteiger partial charge on any atom is -0.312 e. The van der Waals surface area contributed by atoms with Gasteiger partial charge in [0.1, 0.15) is 0 Å². The summed E-state index contributed by atoms with van der Waals surface area (Å²) in [5, 5.41) is 12.1. The van der Waals surface area contributed by atoms with Crippen LogP contribution in [0.25, 0.3) is 0 Å². The first kappa shape index (κ1) is 14.1. The maximum Gasteiger partial charge on any atom is 0.0801 e. The predicted octanol–water partition coefficient (Wildman–Crippen LogP) is 2.13. The Morgan fingerprint density at radius 3 is 2.84 bits per heavy atom. The van der Waals surface area contributed by atoms with Gasteiger partial charge in [0.2, 0.25) is 0 Å². The van der Waals surface area contributed by atoms with Crippen LogP contribution in [0.5, 0.6) is 0 Å². The average Bonchev–Trinajstić information content (AvgIpc) is 3.01. The molecule has 0 amide bonds. The maximum absolute atomic E-state index is 4.50. The van der Waals surface area contributed by atoms with Crippen molar-refractivity contribution in [1.82, 2.24) is 24.7 Å². The average molecular weight is 279 g/mol. The molecule has 19 heavy (non-hydrogen) atoms. The van der Waals surface area contributed by atoms with E-state index in [4.69, 9.17) is 0 Å². The van der Waals surface area contributed by atoms with E-state index >= 15 is 0 Å². The number of likely N-dealkylation sites (N-methyl/N-ethyl adjacent to an activating group) is 1. The third-order valence-corrected chi connectivity index (χ3v) is 4.16. The summed E-state index contributed by atoms with van der Waals surface area (Å²) < 4.78 is 6.15. The first-order chi connectivity index (χ1) is 9.19. The fourth-order valence-corrected chi connectivity index (χ4v) is 3.14. The molecule has 1 unspecified atom stereocenters. The van der Waals surface area contributed by atoms with Gasteiger partial charge in [0, 0.05) is 18.7 Å². The van der Waals surface area contributed by atoms with Gasteiger partial charge >= 0.3 is 0 Å². The monoisotopic (exact) mass is 279 g/mol. The number of nitrogens with zero attached hydrogens (tertiary/aromatic N) is 4. The first-order valence-corrected chi connectivity index (χ1v) is 7.48. The lowest BCUT2D eigenvalue weighted by Crippen LogP contribution is -2.20. The highest BCUT2D eigenvalue weighted by Gasteiger charge is 2.19. The molecular weight excluding hydrogens is 258 g/mol.